The van der Waals surface area contributed by atoms with Gasteiger partial charge >= 0.3 is 0 Å². The highest BCUT2D eigenvalue weighted by Crippen LogP contribution is 2.39. The van der Waals surface area contributed by atoms with Gasteiger partial charge in [0.05, 0.1) is 20.4 Å². The summed E-state index contributed by atoms with van der Waals surface area (Å²) in [6.45, 7) is 0. The summed E-state index contributed by atoms with van der Waals surface area (Å²) in [6, 6.07) is 5.71. The molecule has 0 aliphatic heterocycles. The number of carbonyl (C=O) groups is 2. The molecule has 23 heavy (non-hydrogen) atoms. The SMILES string of the molecule is O=C1c2cccc([N+](=O)[O-])c2C(=O)c2c([N+](=O)[O-])ccc(Cl)c21. The van der Waals surface area contributed by atoms with Crippen molar-refractivity contribution in [1.82, 2.24) is 0 Å². The Morgan fingerprint density at radius 1 is 0.783 bits per heavy atom. The van der Waals surface area contributed by atoms with Crippen LogP contribution >= 0.6 is 11.6 Å². The molecule has 0 saturated heterocycles. The topological polar surface area (TPSA) is 120 Å². The lowest BCUT2D eigenvalue weighted by Crippen LogP contribution is -2.23. The number of benzene rings is 2. The summed E-state index contributed by atoms with van der Waals surface area (Å²) in [7, 11) is 0. The van der Waals surface area contributed by atoms with Gasteiger partial charge in [-0.1, -0.05) is 17.7 Å². The number of ketones is 2. The van der Waals surface area contributed by atoms with E-state index in [0.717, 1.165) is 18.2 Å². The predicted molar refractivity (Wildman–Crippen MR) is 78.1 cm³/mol. The number of hydrogen-bond acceptors (Lipinski definition) is 6. The van der Waals surface area contributed by atoms with Crippen molar-refractivity contribution in [1.29, 1.82) is 0 Å². The fourth-order valence-corrected chi connectivity index (χ4v) is 2.79. The van der Waals surface area contributed by atoms with Crippen molar-refractivity contribution < 1.29 is 19.4 Å². The van der Waals surface area contributed by atoms with Crippen molar-refractivity contribution in [2.75, 3.05) is 0 Å². The molecule has 1 aliphatic carbocycles. The quantitative estimate of drug-likeness (QED) is 0.525. The highest BCUT2D eigenvalue weighted by molar-refractivity contribution is 6.40. The summed E-state index contributed by atoms with van der Waals surface area (Å²) < 4.78 is 0. The lowest BCUT2D eigenvalue weighted by Gasteiger charge is -2.18. The van der Waals surface area contributed by atoms with E-state index >= 15 is 0 Å². The molecule has 8 nitrogen and oxygen atoms in total. The molecule has 2 aromatic rings. The monoisotopic (exact) mass is 332 g/mol. The van der Waals surface area contributed by atoms with E-state index in [1.165, 1.54) is 12.1 Å². The van der Waals surface area contributed by atoms with Gasteiger partial charge in [0.25, 0.3) is 11.4 Å². The van der Waals surface area contributed by atoms with Crippen molar-refractivity contribution in [3.05, 3.63) is 77.8 Å². The summed E-state index contributed by atoms with van der Waals surface area (Å²) in [5.74, 6) is -1.72. The zero-order valence-electron chi connectivity index (χ0n) is 11.1. The number of nitro benzene ring substituents is 2. The number of fused-ring (bicyclic) bond motifs is 2. The molecular formula is C14H5ClN2O6. The van der Waals surface area contributed by atoms with Crippen LogP contribution in [0.5, 0.6) is 0 Å². The van der Waals surface area contributed by atoms with Crippen LogP contribution in [-0.4, -0.2) is 21.4 Å². The Morgan fingerprint density at radius 3 is 2.00 bits per heavy atom. The highest BCUT2D eigenvalue weighted by atomic mass is 35.5. The van der Waals surface area contributed by atoms with Crippen molar-refractivity contribution in [2.45, 2.75) is 0 Å². The molecule has 0 amide bonds. The first kappa shape index (κ1) is 14.8. The molecule has 3 rings (SSSR count). The maximum absolute atomic E-state index is 12.6. The highest BCUT2D eigenvalue weighted by Gasteiger charge is 2.41. The number of hydrogen-bond donors (Lipinski definition) is 0. The summed E-state index contributed by atoms with van der Waals surface area (Å²) in [4.78, 5) is 45.8. The van der Waals surface area contributed by atoms with Crippen molar-refractivity contribution in [2.24, 2.45) is 0 Å². The standard InChI is InChI=1S/C14H5ClN2O6/c15-7-4-5-9(17(22)23)12-11(7)13(18)6-2-1-3-8(16(20)21)10(6)14(12)19/h1-5H. The summed E-state index contributed by atoms with van der Waals surface area (Å²) >= 11 is 5.92. The number of halogens is 1. The Bertz CT molecular complexity index is 937. The average Bonchev–Trinajstić information content (AvgIpc) is 2.51. The van der Waals surface area contributed by atoms with Crippen LogP contribution < -0.4 is 0 Å². The number of rotatable bonds is 2. The third kappa shape index (κ3) is 2.00. The Labute approximate surface area is 132 Å². The lowest BCUT2D eigenvalue weighted by molar-refractivity contribution is -0.385. The second-order valence-corrected chi connectivity index (χ2v) is 5.10. The maximum Gasteiger partial charge on any atom is 0.281 e. The molecule has 0 bridgehead atoms. The second-order valence-electron chi connectivity index (χ2n) is 4.69. The van der Waals surface area contributed by atoms with Crippen LogP contribution in [0.1, 0.15) is 31.8 Å². The molecule has 0 saturated carbocycles. The largest absolute Gasteiger partial charge is 0.288 e. The molecule has 0 N–H and O–H groups in total. The maximum atomic E-state index is 12.6. The molecule has 114 valence electrons. The first-order valence-electron chi connectivity index (χ1n) is 6.18. The van der Waals surface area contributed by atoms with Crippen LogP contribution in [0.15, 0.2) is 30.3 Å². The fourth-order valence-electron chi connectivity index (χ4n) is 2.55. The van der Waals surface area contributed by atoms with Gasteiger partial charge in [0, 0.05) is 17.7 Å². The molecule has 0 fully saturated rings. The van der Waals surface area contributed by atoms with Crippen LogP contribution in [0.25, 0.3) is 0 Å². The molecule has 2 aromatic carbocycles. The molecule has 0 spiro atoms. The molecule has 0 heterocycles. The van der Waals surface area contributed by atoms with Crippen LogP contribution in [-0.2, 0) is 0 Å². The molecule has 0 radical (unpaired) electrons. The second kappa shape index (κ2) is 4.96. The molecule has 9 heteroatoms. The molecule has 0 atom stereocenters. The number of carbonyl (C=O) groups excluding carboxylic acids is 2. The van der Waals surface area contributed by atoms with E-state index in [4.69, 9.17) is 11.6 Å². The third-order valence-corrected chi connectivity index (χ3v) is 3.81. The lowest BCUT2D eigenvalue weighted by atomic mass is 9.82. The third-order valence-electron chi connectivity index (χ3n) is 3.49. The van der Waals surface area contributed by atoms with Crippen molar-refractivity contribution in [3.63, 3.8) is 0 Å². The molecular weight excluding hydrogens is 328 g/mol. The normalized spacial score (nSPS) is 12.6. The van der Waals surface area contributed by atoms with Crippen LogP contribution in [0, 0.1) is 20.2 Å². The van der Waals surface area contributed by atoms with Crippen LogP contribution in [0.2, 0.25) is 5.02 Å². The summed E-state index contributed by atoms with van der Waals surface area (Å²) in [5.41, 5.74) is -2.68. The van der Waals surface area contributed by atoms with Crippen LogP contribution in [0.4, 0.5) is 11.4 Å². The Morgan fingerprint density at radius 2 is 1.39 bits per heavy atom. The van der Waals surface area contributed by atoms with E-state index in [0.29, 0.717) is 0 Å². The van der Waals surface area contributed by atoms with Gasteiger partial charge in [0.15, 0.2) is 5.78 Å². The summed E-state index contributed by atoms with van der Waals surface area (Å²) in [6.07, 6.45) is 0. The first-order valence-corrected chi connectivity index (χ1v) is 6.56. The Hall–Kier alpha value is -3.13. The minimum Gasteiger partial charge on any atom is -0.288 e. The fraction of sp³-hybridized carbons (Fsp3) is 0. The van der Waals surface area contributed by atoms with Gasteiger partial charge in [0.2, 0.25) is 5.78 Å². The van der Waals surface area contributed by atoms with E-state index < -0.39 is 43.9 Å². The molecule has 1 aliphatic rings. The smallest absolute Gasteiger partial charge is 0.281 e. The van der Waals surface area contributed by atoms with Crippen LogP contribution in [0.3, 0.4) is 0 Å². The summed E-state index contributed by atoms with van der Waals surface area (Å²) in [5, 5.41) is 22.1. The van der Waals surface area contributed by atoms with Crippen molar-refractivity contribution in [3.8, 4) is 0 Å². The average molecular weight is 333 g/mol. The minimum absolute atomic E-state index is 0.124. The van der Waals surface area contributed by atoms with E-state index in [1.54, 1.807) is 0 Å². The van der Waals surface area contributed by atoms with E-state index in [2.05, 4.69) is 0 Å². The molecule has 0 aromatic heterocycles. The van der Waals surface area contributed by atoms with Crippen molar-refractivity contribution >= 4 is 34.5 Å². The van der Waals surface area contributed by atoms with Gasteiger partial charge in [-0.2, -0.15) is 0 Å². The number of nitrogens with zero attached hydrogens (tertiary/aromatic N) is 2. The Balaban J connectivity index is 2.44. The van der Waals surface area contributed by atoms with Gasteiger partial charge < -0.3 is 0 Å². The van der Waals surface area contributed by atoms with Gasteiger partial charge in [-0.05, 0) is 12.1 Å². The van der Waals surface area contributed by atoms with Gasteiger partial charge in [-0.15, -0.1) is 0 Å². The Kier molecular flexibility index (Phi) is 3.19. The van der Waals surface area contributed by atoms with Gasteiger partial charge in [-0.25, -0.2) is 0 Å². The predicted octanol–water partition coefficient (Wildman–Crippen LogP) is 2.93. The molecule has 0 unspecified atom stereocenters. The minimum atomic E-state index is -0.962. The van der Waals surface area contributed by atoms with E-state index in [-0.39, 0.29) is 16.1 Å². The number of nitro groups is 2. The zero-order valence-corrected chi connectivity index (χ0v) is 11.9. The first-order chi connectivity index (χ1) is 10.8. The van der Waals surface area contributed by atoms with Gasteiger partial charge in [0.1, 0.15) is 11.1 Å². The van der Waals surface area contributed by atoms with E-state index in [9.17, 15) is 29.8 Å². The zero-order chi connectivity index (χ0) is 16.9. The van der Waals surface area contributed by atoms with E-state index in [1.807, 2.05) is 0 Å². The van der Waals surface area contributed by atoms with Gasteiger partial charge in [-0.3, -0.25) is 29.8 Å².